The number of amides is 1. The van der Waals surface area contributed by atoms with E-state index in [0.717, 1.165) is 19.4 Å². The minimum absolute atomic E-state index is 0.0263. The quantitative estimate of drug-likeness (QED) is 0.724. The van der Waals surface area contributed by atoms with E-state index >= 15 is 0 Å². The minimum Gasteiger partial charge on any atom is -0.481 e. The molecule has 0 aromatic carbocycles. The molecule has 0 saturated heterocycles. The standard InChI is InChI=1S/C11H19NO3/c1-3-5-6-12(4-2)10(13)8-7-9(8)11(14)15/h8-9H,3-7H2,1-2H3,(H,14,15). The third kappa shape index (κ3) is 2.94. The highest BCUT2D eigenvalue weighted by atomic mass is 16.4. The summed E-state index contributed by atoms with van der Waals surface area (Å²) in [5.74, 6) is -1.48. The predicted molar refractivity (Wildman–Crippen MR) is 56.4 cm³/mol. The fourth-order valence-electron chi connectivity index (χ4n) is 1.75. The predicted octanol–water partition coefficient (Wildman–Crippen LogP) is 1.36. The average Bonchev–Trinajstić information content (AvgIpc) is 2.98. The first-order valence-electron chi connectivity index (χ1n) is 5.63. The highest BCUT2D eigenvalue weighted by Gasteiger charge is 2.49. The number of hydrogen-bond acceptors (Lipinski definition) is 2. The van der Waals surface area contributed by atoms with E-state index in [-0.39, 0.29) is 11.8 Å². The van der Waals surface area contributed by atoms with Gasteiger partial charge in [0.25, 0.3) is 0 Å². The van der Waals surface area contributed by atoms with Crippen LogP contribution >= 0.6 is 0 Å². The number of carbonyl (C=O) groups is 2. The first-order valence-corrected chi connectivity index (χ1v) is 5.63. The van der Waals surface area contributed by atoms with E-state index in [1.54, 1.807) is 4.90 Å². The van der Waals surface area contributed by atoms with E-state index in [4.69, 9.17) is 5.11 Å². The molecule has 4 heteroatoms. The Bertz CT molecular complexity index is 252. The van der Waals surface area contributed by atoms with Crippen molar-refractivity contribution in [2.75, 3.05) is 13.1 Å². The molecule has 2 atom stereocenters. The molecule has 1 rings (SSSR count). The van der Waals surface area contributed by atoms with Gasteiger partial charge in [0.15, 0.2) is 0 Å². The Morgan fingerprint density at radius 1 is 1.33 bits per heavy atom. The van der Waals surface area contributed by atoms with Gasteiger partial charge in [-0.25, -0.2) is 0 Å². The van der Waals surface area contributed by atoms with E-state index in [0.29, 0.717) is 13.0 Å². The lowest BCUT2D eigenvalue weighted by Gasteiger charge is -2.20. The van der Waals surface area contributed by atoms with Crippen LogP contribution in [0.25, 0.3) is 0 Å². The molecule has 1 saturated carbocycles. The van der Waals surface area contributed by atoms with Crippen LogP contribution in [0.4, 0.5) is 0 Å². The lowest BCUT2D eigenvalue weighted by molar-refractivity contribution is -0.142. The van der Waals surface area contributed by atoms with Crippen LogP contribution in [-0.2, 0) is 9.59 Å². The van der Waals surface area contributed by atoms with Crippen molar-refractivity contribution in [1.29, 1.82) is 0 Å². The zero-order valence-corrected chi connectivity index (χ0v) is 9.40. The van der Waals surface area contributed by atoms with Crippen LogP contribution in [-0.4, -0.2) is 35.0 Å². The molecular formula is C11H19NO3. The van der Waals surface area contributed by atoms with Gasteiger partial charge in [-0.15, -0.1) is 0 Å². The Balaban J connectivity index is 2.41. The number of aliphatic carboxylic acids is 1. The largest absolute Gasteiger partial charge is 0.481 e. The summed E-state index contributed by atoms with van der Waals surface area (Å²) in [6.07, 6.45) is 2.57. The van der Waals surface area contributed by atoms with Crippen molar-refractivity contribution in [2.45, 2.75) is 33.1 Å². The van der Waals surface area contributed by atoms with Crippen LogP contribution in [0, 0.1) is 11.8 Å². The first-order chi connectivity index (χ1) is 7.11. The molecule has 1 fully saturated rings. The van der Waals surface area contributed by atoms with Gasteiger partial charge in [0.2, 0.25) is 5.91 Å². The monoisotopic (exact) mass is 213 g/mol. The second-order valence-corrected chi connectivity index (χ2v) is 4.06. The van der Waals surface area contributed by atoms with Gasteiger partial charge in [-0.3, -0.25) is 9.59 Å². The maximum absolute atomic E-state index is 11.8. The number of rotatable bonds is 6. The van der Waals surface area contributed by atoms with Crippen LogP contribution < -0.4 is 0 Å². The second-order valence-electron chi connectivity index (χ2n) is 4.06. The molecule has 1 N–H and O–H groups in total. The first kappa shape index (κ1) is 12.0. The number of hydrogen-bond donors (Lipinski definition) is 1. The van der Waals surface area contributed by atoms with Gasteiger partial charge in [0, 0.05) is 13.1 Å². The summed E-state index contributed by atoms with van der Waals surface area (Å²) < 4.78 is 0. The Labute approximate surface area is 90.3 Å². The Kier molecular flexibility index (Phi) is 4.12. The van der Waals surface area contributed by atoms with Crippen molar-refractivity contribution >= 4 is 11.9 Å². The van der Waals surface area contributed by atoms with Gasteiger partial charge >= 0.3 is 5.97 Å². The molecule has 1 amide bonds. The normalized spacial score (nSPS) is 23.6. The summed E-state index contributed by atoms with van der Waals surface area (Å²) in [4.78, 5) is 24.2. The van der Waals surface area contributed by atoms with Gasteiger partial charge in [-0.2, -0.15) is 0 Å². The van der Waals surface area contributed by atoms with E-state index in [9.17, 15) is 9.59 Å². The molecular weight excluding hydrogens is 194 g/mol. The van der Waals surface area contributed by atoms with Crippen LogP contribution in [0.3, 0.4) is 0 Å². The molecule has 86 valence electrons. The molecule has 0 radical (unpaired) electrons. The molecule has 0 aromatic heterocycles. The number of carboxylic acids is 1. The molecule has 15 heavy (non-hydrogen) atoms. The zero-order chi connectivity index (χ0) is 11.4. The molecule has 0 aliphatic heterocycles. The smallest absolute Gasteiger partial charge is 0.307 e. The van der Waals surface area contributed by atoms with Crippen molar-refractivity contribution in [3.05, 3.63) is 0 Å². The third-order valence-electron chi connectivity index (χ3n) is 2.90. The van der Waals surface area contributed by atoms with Crippen molar-refractivity contribution in [3.63, 3.8) is 0 Å². The Morgan fingerprint density at radius 3 is 2.40 bits per heavy atom. The second kappa shape index (κ2) is 5.14. The lowest BCUT2D eigenvalue weighted by atomic mass is 10.2. The lowest BCUT2D eigenvalue weighted by Crippen LogP contribution is -2.33. The van der Waals surface area contributed by atoms with Crippen molar-refractivity contribution in [2.24, 2.45) is 11.8 Å². The molecule has 0 spiro atoms. The van der Waals surface area contributed by atoms with Gasteiger partial charge in [0.05, 0.1) is 11.8 Å². The SMILES string of the molecule is CCCCN(CC)C(=O)C1CC1C(=O)O. The van der Waals surface area contributed by atoms with E-state index in [2.05, 4.69) is 6.92 Å². The van der Waals surface area contributed by atoms with Gasteiger partial charge in [0.1, 0.15) is 0 Å². The third-order valence-corrected chi connectivity index (χ3v) is 2.90. The molecule has 0 aromatic rings. The fourth-order valence-corrected chi connectivity index (χ4v) is 1.75. The van der Waals surface area contributed by atoms with Gasteiger partial charge in [-0.05, 0) is 19.8 Å². The van der Waals surface area contributed by atoms with Crippen molar-refractivity contribution < 1.29 is 14.7 Å². The minimum atomic E-state index is -0.833. The Morgan fingerprint density at radius 2 is 2.00 bits per heavy atom. The summed E-state index contributed by atoms with van der Waals surface area (Å²) in [6.45, 7) is 5.46. The molecule has 1 aliphatic rings. The number of carboxylic acid groups (broad SMARTS) is 1. The maximum atomic E-state index is 11.8. The van der Waals surface area contributed by atoms with Gasteiger partial charge < -0.3 is 10.0 Å². The maximum Gasteiger partial charge on any atom is 0.307 e. The molecule has 2 unspecified atom stereocenters. The van der Waals surface area contributed by atoms with Crippen LogP contribution in [0.5, 0.6) is 0 Å². The fraction of sp³-hybridized carbons (Fsp3) is 0.818. The zero-order valence-electron chi connectivity index (χ0n) is 9.40. The van der Waals surface area contributed by atoms with E-state index < -0.39 is 11.9 Å². The summed E-state index contributed by atoms with van der Waals surface area (Å²) in [5, 5.41) is 8.73. The molecule has 0 heterocycles. The van der Waals surface area contributed by atoms with Gasteiger partial charge in [-0.1, -0.05) is 13.3 Å². The number of carbonyl (C=O) groups excluding carboxylic acids is 1. The topological polar surface area (TPSA) is 57.6 Å². The summed E-state index contributed by atoms with van der Waals surface area (Å²) in [6, 6.07) is 0. The van der Waals surface area contributed by atoms with Crippen LogP contribution in [0.2, 0.25) is 0 Å². The summed E-state index contributed by atoms with van der Waals surface area (Å²) in [5.41, 5.74) is 0. The molecule has 0 bridgehead atoms. The highest BCUT2D eigenvalue weighted by molar-refractivity contribution is 5.89. The molecule has 4 nitrogen and oxygen atoms in total. The number of nitrogens with zero attached hydrogens (tertiary/aromatic N) is 1. The average molecular weight is 213 g/mol. The van der Waals surface area contributed by atoms with Crippen LogP contribution in [0.15, 0.2) is 0 Å². The van der Waals surface area contributed by atoms with E-state index in [1.165, 1.54) is 0 Å². The van der Waals surface area contributed by atoms with Crippen molar-refractivity contribution in [3.8, 4) is 0 Å². The summed E-state index contributed by atoms with van der Waals surface area (Å²) in [7, 11) is 0. The molecule has 1 aliphatic carbocycles. The Hall–Kier alpha value is -1.06. The van der Waals surface area contributed by atoms with E-state index in [1.807, 2.05) is 6.92 Å². The van der Waals surface area contributed by atoms with Crippen LogP contribution in [0.1, 0.15) is 33.1 Å². The number of unbranched alkanes of at least 4 members (excludes halogenated alkanes) is 1. The highest BCUT2D eigenvalue weighted by Crippen LogP contribution is 2.40. The van der Waals surface area contributed by atoms with Crippen molar-refractivity contribution in [1.82, 2.24) is 4.90 Å². The summed E-state index contributed by atoms with van der Waals surface area (Å²) >= 11 is 0.